The van der Waals surface area contributed by atoms with E-state index in [9.17, 15) is 4.79 Å². The van der Waals surface area contributed by atoms with E-state index in [4.69, 9.17) is 26.9 Å². The van der Waals surface area contributed by atoms with Crippen molar-refractivity contribution in [1.82, 2.24) is 10.3 Å². The van der Waals surface area contributed by atoms with E-state index >= 15 is 0 Å². The summed E-state index contributed by atoms with van der Waals surface area (Å²) in [4.78, 5) is 16.2. The first-order chi connectivity index (χ1) is 9.60. The summed E-state index contributed by atoms with van der Waals surface area (Å²) in [6.45, 7) is 1.41. The standard InChI is InChI=1S/C12H17ClN4O3/c1-19-12(4-5-20-7-12)6-15-11(18)10-8(13)2-3-9(16-10)17-14/h2-3H,4-7,14H2,1H3,(H,15,18)(H,16,17). The van der Waals surface area contributed by atoms with Gasteiger partial charge < -0.3 is 20.2 Å². The second-order valence-electron chi connectivity index (χ2n) is 4.54. The molecule has 7 nitrogen and oxygen atoms in total. The van der Waals surface area contributed by atoms with Crippen LogP contribution in [-0.2, 0) is 9.47 Å². The molecule has 0 bridgehead atoms. The molecule has 1 aliphatic heterocycles. The summed E-state index contributed by atoms with van der Waals surface area (Å²) in [6.07, 6.45) is 0.731. The maximum atomic E-state index is 12.1. The average molecular weight is 301 g/mol. The maximum absolute atomic E-state index is 12.1. The van der Waals surface area contributed by atoms with Crippen molar-refractivity contribution in [3.05, 3.63) is 22.8 Å². The van der Waals surface area contributed by atoms with Gasteiger partial charge in [0, 0.05) is 26.7 Å². The molecule has 2 rings (SSSR count). The normalized spacial score (nSPS) is 21.8. The number of nitrogens with one attached hydrogen (secondary N) is 2. The van der Waals surface area contributed by atoms with Crippen LogP contribution in [0.3, 0.4) is 0 Å². The third kappa shape index (κ3) is 3.18. The first-order valence-electron chi connectivity index (χ1n) is 6.14. The number of methoxy groups -OCH3 is 1. The number of rotatable bonds is 5. The molecule has 1 unspecified atom stereocenters. The minimum Gasteiger partial charge on any atom is -0.378 e. The van der Waals surface area contributed by atoms with Crippen LogP contribution in [0.15, 0.2) is 12.1 Å². The van der Waals surface area contributed by atoms with Crippen LogP contribution in [0, 0.1) is 0 Å². The van der Waals surface area contributed by atoms with Gasteiger partial charge in [-0.05, 0) is 12.1 Å². The second-order valence-corrected chi connectivity index (χ2v) is 4.95. The summed E-state index contributed by atoms with van der Waals surface area (Å²) in [5, 5.41) is 3.03. The van der Waals surface area contributed by atoms with Crippen molar-refractivity contribution in [1.29, 1.82) is 0 Å². The van der Waals surface area contributed by atoms with Gasteiger partial charge >= 0.3 is 0 Å². The van der Waals surface area contributed by atoms with E-state index in [0.717, 1.165) is 6.42 Å². The van der Waals surface area contributed by atoms with E-state index in [1.54, 1.807) is 19.2 Å². The summed E-state index contributed by atoms with van der Waals surface area (Å²) in [6, 6.07) is 3.14. The number of aromatic nitrogens is 1. The fourth-order valence-electron chi connectivity index (χ4n) is 1.97. The van der Waals surface area contributed by atoms with E-state index in [1.165, 1.54) is 0 Å². The lowest BCUT2D eigenvalue weighted by Crippen LogP contribution is -2.45. The molecule has 4 N–H and O–H groups in total. The molecule has 8 heteroatoms. The molecule has 1 aliphatic rings. The summed E-state index contributed by atoms with van der Waals surface area (Å²) in [5.41, 5.74) is 2.01. The fraction of sp³-hybridized carbons (Fsp3) is 0.500. The summed E-state index contributed by atoms with van der Waals surface area (Å²) in [7, 11) is 1.60. The molecule has 20 heavy (non-hydrogen) atoms. The Balaban J connectivity index is 2.04. The van der Waals surface area contributed by atoms with Gasteiger partial charge in [0.05, 0.1) is 11.6 Å². The molecule has 1 fully saturated rings. The van der Waals surface area contributed by atoms with Crippen molar-refractivity contribution < 1.29 is 14.3 Å². The number of carbonyl (C=O) groups is 1. The Labute approximate surface area is 121 Å². The number of nitrogens with zero attached hydrogens (tertiary/aromatic N) is 1. The number of amides is 1. The van der Waals surface area contributed by atoms with Crippen molar-refractivity contribution in [3.63, 3.8) is 0 Å². The van der Waals surface area contributed by atoms with Crippen LogP contribution >= 0.6 is 11.6 Å². The zero-order valence-corrected chi connectivity index (χ0v) is 11.9. The second kappa shape index (κ2) is 6.36. The minimum atomic E-state index is -0.480. The molecule has 1 atom stereocenters. The van der Waals surface area contributed by atoms with Gasteiger partial charge in [0.2, 0.25) is 0 Å². The Bertz CT molecular complexity index is 492. The number of carbonyl (C=O) groups excluding carboxylic acids is 1. The Hall–Kier alpha value is -1.41. The molecule has 0 aliphatic carbocycles. The van der Waals surface area contributed by atoms with Crippen molar-refractivity contribution in [2.24, 2.45) is 5.84 Å². The Morgan fingerprint density at radius 3 is 3.05 bits per heavy atom. The Morgan fingerprint density at radius 2 is 2.45 bits per heavy atom. The number of halogens is 1. The van der Waals surface area contributed by atoms with Gasteiger partial charge in [-0.15, -0.1) is 0 Å². The van der Waals surface area contributed by atoms with Crippen molar-refractivity contribution in [3.8, 4) is 0 Å². The third-order valence-corrected chi connectivity index (χ3v) is 3.59. The highest BCUT2D eigenvalue weighted by molar-refractivity contribution is 6.33. The van der Waals surface area contributed by atoms with Crippen LogP contribution < -0.4 is 16.6 Å². The highest BCUT2D eigenvalue weighted by Crippen LogP contribution is 2.22. The van der Waals surface area contributed by atoms with Crippen molar-refractivity contribution >= 4 is 23.3 Å². The molecule has 1 saturated heterocycles. The van der Waals surface area contributed by atoms with Gasteiger partial charge in [-0.3, -0.25) is 4.79 Å². The van der Waals surface area contributed by atoms with Crippen molar-refractivity contribution in [2.45, 2.75) is 12.0 Å². The molecule has 1 amide bonds. The summed E-state index contributed by atoms with van der Waals surface area (Å²) in [5.74, 6) is 5.25. The van der Waals surface area contributed by atoms with Gasteiger partial charge in [0.1, 0.15) is 17.1 Å². The quantitative estimate of drug-likeness (QED) is 0.543. The van der Waals surface area contributed by atoms with Gasteiger partial charge in [-0.1, -0.05) is 11.6 Å². The van der Waals surface area contributed by atoms with Crippen LogP contribution in [0.1, 0.15) is 16.9 Å². The molecular weight excluding hydrogens is 284 g/mol. The van der Waals surface area contributed by atoms with Gasteiger partial charge in [0.25, 0.3) is 5.91 Å². The summed E-state index contributed by atoms with van der Waals surface area (Å²) < 4.78 is 10.7. The maximum Gasteiger partial charge on any atom is 0.271 e. The molecule has 110 valence electrons. The molecule has 0 radical (unpaired) electrons. The van der Waals surface area contributed by atoms with E-state index in [1.807, 2.05) is 0 Å². The van der Waals surface area contributed by atoms with Crippen molar-refractivity contribution in [2.75, 3.05) is 32.3 Å². The van der Waals surface area contributed by atoms with Gasteiger partial charge in [-0.25, -0.2) is 10.8 Å². The lowest BCUT2D eigenvalue weighted by molar-refractivity contribution is -0.0149. The largest absolute Gasteiger partial charge is 0.378 e. The zero-order valence-electron chi connectivity index (χ0n) is 11.1. The molecule has 0 saturated carbocycles. The number of ether oxygens (including phenoxy) is 2. The number of nitrogen functional groups attached to an aromatic ring is 1. The van der Waals surface area contributed by atoms with E-state index in [-0.39, 0.29) is 16.6 Å². The molecule has 0 spiro atoms. The van der Waals surface area contributed by atoms with Crippen LogP contribution in [0.5, 0.6) is 0 Å². The number of hydrazine groups is 1. The average Bonchev–Trinajstić information content (AvgIpc) is 2.95. The molecule has 1 aromatic heterocycles. The highest BCUT2D eigenvalue weighted by atomic mass is 35.5. The predicted octanol–water partition coefficient (Wildman–Crippen LogP) is 0.556. The first-order valence-corrected chi connectivity index (χ1v) is 6.52. The Morgan fingerprint density at radius 1 is 1.65 bits per heavy atom. The lowest BCUT2D eigenvalue weighted by Gasteiger charge is -2.25. The molecule has 2 heterocycles. The van der Waals surface area contributed by atoms with Crippen LogP contribution in [0.25, 0.3) is 0 Å². The number of hydrogen-bond acceptors (Lipinski definition) is 6. The topological polar surface area (TPSA) is 98.5 Å². The van der Waals surface area contributed by atoms with Crippen LogP contribution in [-0.4, -0.2) is 43.4 Å². The lowest BCUT2D eigenvalue weighted by atomic mass is 10.0. The predicted molar refractivity (Wildman–Crippen MR) is 74.6 cm³/mol. The van der Waals surface area contributed by atoms with E-state index in [2.05, 4.69) is 15.7 Å². The smallest absolute Gasteiger partial charge is 0.271 e. The zero-order chi connectivity index (χ0) is 14.6. The van der Waals surface area contributed by atoms with E-state index in [0.29, 0.717) is 25.6 Å². The molecule has 0 aromatic carbocycles. The monoisotopic (exact) mass is 300 g/mol. The number of hydrogen-bond donors (Lipinski definition) is 3. The van der Waals surface area contributed by atoms with Crippen LogP contribution in [0.2, 0.25) is 5.02 Å². The SMILES string of the molecule is COC1(CNC(=O)c2nc(NN)ccc2Cl)CCOC1. The minimum absolute atomic E-state index is 0.118. The number of anilines is 1. The Kier molecular flexibility index (Phi) is 4.77. The van der Waals surface area contributed by atoms with Gasteiger partial charge in [0.15, 0.2) is 0 Å². The third-order valence-electron chi connectivity index (χ3n) is 3.28. The highest BCUT2D eigenvalue weighted by Gasteiger charge is 2.35. The molecular formula is C12H17ClN4O3. The molecule has 1 aromatic rings. The van der Waals surface area contributed by atoms with Crippen LogP contribution in [0.4, 0.5) is 5.82 Å². The number of pyridine rings is 1. The number of nitrogens with two attached hydrogens (primary N) is 1. The fourth-order valence-corrected chi connectivity index (χ4v) is 2.16. The van der Waals surface area contributed by atoms with Gasteiger partial charge in [-0.2, -0.15) is 0 Å². The first kappa shape index (κ1) is 15.0. The summed E-state index contributed by atoms with van der Waals surface area (Å²) >= 11 is 5.96. The van der Waals surface area contributed by atoms with E-state index < -0.39 is 5.60 Å².